The Kier molecular flexibility index (Phi) is 6.60. The van der Waals surface area contributed by atoms with Crippen molar-refractivity contribution in [2.24, 2.45) is 0 Å². The Morgan fingerprint density at radius 2 is 2.00 bits per heavy atom. The molecule has 2 aromatic carbocycles. The number of halogens is 1. The number of aromatic nitrogens is 2. The van der Waals surface area contributed by atoms with E-state index in [1.807, 2.05) is 36.1 Å². The maximum atomic E-state index is 14.2. The third kappa shape index (κ3) is 4.41. The minimum absolute atomic E-state index is 0.152. The SMILES string of the molecule is CCCN1C(=S)NC(c2cccc(OC)c2)C(c2nc(-c3ccc(OC)c(F)c3)no2)=C1C. The lowest BCUT2D eigenvalue weighted by molar-refractivity contribution is 0.386. The number of ether oxygens (including phenoxy) is 2. The van der Waals surface area contributed by atoms with Crippen LogP contribution in [-0.4, -0.2) is 40.9 Å². The van der Waals surface area contributed by atoms with E-state index in [-0.39, 0.29) is 17.6 Å². The topological polar surface area (TPSA) is 72.7 Å². The average molecular weight is 469 g/mol. The van der Waals surface area contributed by atoms with Crippen molar-refractivity contribution in [1.82, 2.24) is 20.4 Å². The summed E-state index contributed by atoms with van der Waals surface area (Å²) in [5.41, 5.74) is 3.16. The van der Waals surface area contributed by atoms with E-state index in [1.165, 1.54) is 19.2 Å². The van der Waals surface area contributed by atoms with E-state index in [9.17, 15) is 4.39 Å². The monoisotopic (exact) mass is 468 g/mol. The molecule has 4 rings (SSSR count). The third-order valence-corrected chi connectivity index (χ3v) is 5.88. The second kappa shape index (κ2) is 9.58. The van der Waals surface area contributed by atoms with Gasteiger partial charge in [0.15, 0.2) is 16.7 Å². The van der Waals surface area contributed by atoms with Gasteiger partial charge in [-0.1, -0.05) is 24.2 Å². The molecule has 1 aliphatic heterocycles. The van der Waals surface area contributed by atoms with Crippen LogP contribution in [0.2, 0.25) is 0 Å². The van der Waals surface area contributed by atoms with Crippen LogP contribution in [0.4, 0.5) is 4.39 Å². The van der Waals surface area contributed by atoms with Crippen molar-refractivity contribution in [3.8, 4) is 22.9 Å². The predicted octanol–water partition coefficient (Wildman–Crippen LogP) is 4.97. The molecule has 1 N–H and O–H groups in total. The normalized spacial score (nSPS) is 16.1. The number of hydrogen-bond acceptors (Lipinski definition) is 6. The molecule has 0 saturated carbocycles. The minimum atomic E-state index is -0.496. The first kappa shape index (κ1) is 22.7. The van der Waals surface area contributed by atoms with Gasteiger partial charge < -0.3 is 24.2 Å². The van der Waals surface area contributed by atoms with Crippen LogP contribution in [0, 0.1) is 5.82 Å². The molecule has 0 spiro atoms. The first-order valence-corrected chi connectivity index (χ1v) is 11.0. The van der Waals surface area contributed by atoms with Crippen molar-refractivity contribution in [1.29, 1.82) is 0 Å². The highest BCUT2D eigenvalue weighted by atomic mass is 32.1. The number of rotatable bonds is 7. The number of nitrogens with zero attached hydrogens (tertiary/aromatic N) is 3. The van der Waals surface area contributed by atoms with Crippen molar-refractivity contribution in [2.45, 2.75) is 26.3 Å². The molecule has 1 aromatic heterocycles. The molecule has 1 atom stereocenters. The molecule has 0 aliphatic carbocycles. The van der Waals surface area contributed by atoms with E-state index < -0.39 is 5.82 Å². The molecule has 9 heteroatoms. The van der Waals surface area contributed by atoms with E-state index >= 15 is 0 Å². The number of nitrogens with one attached hydrogen (secondary N) is 1. The molecule has 3 aromatic rings. The summed E-state index contributed by atoms with van der Waals surface area (Å²) in [5, 5.41) is 8.15. The summed E-state index contributed by atoms with van der Waals surface area (Å²) in [4.78, 5) is 6.63. The number of thiocarbonyl (C=S) groups is 1. The molecular weight excluding hydrogens is 443 g/mol. The van der Waals surface area contributed by atoms with Gasteiger partial charge in [-0.15, -0.1) is 0 Å². The highest BCUT2D eigenvalue weighted by molar-refractivity contribution is 7.80. The smallest absolute Gasteiger partial charge is 0.258 e. The quantitative estimate of drug-likeness (QED) is 0.488. The average Bonchev–Trinajstić information content (AvgIpc) is 3.31. The first-order valence-electron chi connectivity index (χ1n) is 10.6. The Hall–Kier alpha value is -3.46. The van der Waals surface area contributed by atoms with E-state index in [2.05, 4.69) is 22.4 Å². The molecular formula is C24H25FN4O3S. The van der Waals surface area contributed by atoms with Crippen molar-refractivity contribution in [2.75, 3.05) is 20.8 Å². The van der Waals surface area contributed by atoms with Crippen LogP contribution in [0.25, 0.3) is 17.0 Å². The summed E-state index contributed by atoms with van der Waals surface area (Å²) in [5.74, 6) is 1.01. The van der Waals surface area contributed by atoms with Gasteiger partial charge in [-0.2, -0.15) is 4.98 Å². The molecule has 0 saturated heterocycles. The Labute approximate surface area is 197 Å². The first-order chi connectivity index (χ1) is 16.0. The van der Waals surface area contributed by atoms with Gasteiger partial charge in [-0.05, 0) is 61.5 Å². The van der Waals surface area contributed by atoms with Gasteiger partial charge in [0, 0.05) is 17.8 Å². The second-order valence-electron chi connectivity index (χ2n) is 7.58. The van der Waals surface area contributed by atoms with Crippen LogP contribution >= 0.6 is 12.2 Å². The largest absolute Gasteiger partial charge is 0.497 e. The van der Waals surface area contributed by atoms with Crippen LogP contribution in [0.15, 0.2) is 52.7 Å². The number of benzene rings is 2. The lowest BCUT2D eigenvalue weighted by Crippen LogP contribution is -2.46. The van der Waals surface area contributed by atoms with Crippen LogP contribution < -0.4 is 14.8 Å². The molecule has 1 unspecified atom stereocenters. The highest BCUT2D eigenvalue weighted by Gasteiger charge is 2.34. The highest BCUT2D eigenvalue weighted by Crippen LogP contribution is 2.38. The summed E-state index contributed by atoms with van der Waals surface area (Å²) in [6, 6.07) is 12.0. The Morgan fingerprint density at radius 1 is 1.18 bits per heavy atom. The van der Waals surface area contributed by atoms with Gasteiger partial charge >= 0.3 is 0 Å². The zero-order chi connectivity index (χ0) is 23.5. The number of methoxy groups -OCH3 is 2. The maximum absolute atomic E-state index is 14.2. The van der Waals surface area contributed by atoms with Gasteiger partial charge in [0.25, 0.3) is 5.89 Å². The molecule has 172 valence electrons. The molecule has 1 aliphatic rings. The molecule has 33 heavy (non-hydrogen) atoms. The second-order valence-corrected chi connectivity index (χ2v) is 7.97. The van der Waals surface area contributed by atoms with E-state index in [0.29, 0.717) is 16.6 Å². The zero-order valence-electron chi connectivity index (χ0n) is 18.9. The fourth-order valence-corrected chi connectivity index (χ4v) is 4.22. The molecule has 0 amide bonds. The molecule has 2 heterocycles. The fourth-order valence-electron chi connectivity index (χ4n) is 3.88. The molecule has 0 radical (unpaired) electrons. The van der Waals surface area contributed by atoms with Crippen LogP contribution in [0.1, 0.15) is 37.8 Å². The summed E-state index contributed by atoms with van der Waals surface area (Å²) in [7, 11) is 3.04. The Balaban J connectivity index is 1.80. The van der Waals surface area contributed by atoms with Gasteiger partial charge in [0.1, 0.15) is 5.75 Å². The summed E-state index contributed by atoms with van der Waals surface area (Å²) >= 11 is 5.66. The van der Waals surface area contributed by atoms with Crippen molar-refractivity contribution >= 4 is 22.9 Å². The van der Waals surface area contributed by atoms with E-state index in [4.69, 9.17) is 26.2 Å². The summed E-state index contributed by atoms with van der Waals surface area (Å²) in [6.45, 7) is 4.83. The maximum Gasteiger partial charge on any atom is 0.258 e. The third-order valence-electron chi connectivity index (χ3n) is 5.54. The predicted molar refractivity (Wildman–Crippen MR) is 127 cm³/mol. The fraction of sp³-hybridized carbons (Fsp3) is 0.292. The van der Waals surface area contributed by atoms with Gasteiger partial charge in [0.2, 0.25) is 5.82 Å². The van der Waals surface area contributed by atoms with Crippen molar-refractivity contribution < 1.29 is 18.4 Å². The van der Waals surface area contributed by atoms with Crippen LogP contribution in [-0.2, 0) is 0 Å². The van der Waals surface area contributed by atoms with E-state index in [0.717, 1.165) is 35.5 Å². The molecule has 7 nitrogen and oxygen atoms in total. The van der Waals surface area contributed by atoms with Gasteiger partial charge in [-0.25, -0.2) is 4.39 Å². The van der Waals surface area contributed by atoms with Crippen LogP contribution in [0.3, 0.4) is 0 Å². The minimum Gasteiger partial charge on any atom is -0.497 e. The molecule has 0 bridgehead atoms. The van der Waals surface area contributed by atoms with Crippen molar-refractivity contribution in [3.63, 3.8) is 0 Å². The molecule has 0 fully saturated rings. The van der Waals surface area contributed by atoms with Gasteiger partial charge in [-0.3, -0.25) is 0 Å². The van der Waals surface area contributed by atoms with E-state index in [1.54, 1.807) is 13.2 Å². The lowest BCUT2D eigenvalue weighted by Gasteiger charge is -2.37. The zero-order valence-corrected chi connectivity index (χ0v) is 19.7. The standard InChI is InChI=1S/C24H25FN4O3S/c1-5-11-29-14(2)20(21(26-24(29)33)15-7-6-8-17(12-15)30-3)23-27-22(28-32-23)16-9-10-19(31-4)18(25)13-16/h6-10,12-13,21H,5,11H2,1-4H3,(H,26,33). The van der Waals surface area contributed by atoms with Crippen molar-refractivity contribution in [3.05, 3.63) is 65.4 Å². The van der Waals surface area contributed by atoms with Gasteiger partial charge in [0.05, 0.1) is 25.8 Å². The number of hydrogen-bond donors (Lipinski definition) is 1. The summed E-state index contributed by atoms with van der Waals surface area (Å²) in [6.07, 6.45) is 0.913. The van der Waals surface area contributed by atoms with Crippen LogP contribution in [0.5, 0.6) is 11.5 Å². The Bertz CT molecular complexity index is 1210. The summed E-state index contributed by atoms with van der Waals surface area (Å²) < 4.78 is 30.3. The Morgan fingerprint density at radius 3 is 2.70 bits per heavy atom. The number of allylic oxidation sites excluding steroid dienone is 1. The lowest BCUT2D eigenvalue weighted by atomic mass is 9.94.